The van der Waals surface area contributed by atoms with E-state index in [4.69, 9.17) is 0 Å². The first-order chi connectivity index (χ1) is 16.5. The van der Waals surface area contributed by atoms with Crippen molar-refractivity contribution in [1.82, 2.24) is 14.7 Å². The highest BCUT2D eigenvalue weighted by Crippen LogP contribution is 2.37. The van der Waals surface area contributed by atoms with Gasteiger partial charge in [0.1, 0.15) is 0 Å². The molecule has 2 aliphatic rings. The lowest BCUT2D eigenvalue weighted by molar-refractivity contribution is -0.143. The number of carbonyl (C=O) groups is 2. The Labute approximate surface area is 208 Å². The molecule has 1 saturated heterocycles. The average molecular weight is 482 g/mol. The number of fused-ring (bicyclic) bond motifs is 1. The van der Waals surface area contributed by atoms with Gasteiger partial charge in [-0.25, -0.2) is 0 Å². The van der Waals surface area contributed by atoms with E-state index in [9.17, 15) is 9.59 Å². The Hall–Kier alpha value is -2.18. The molecule has 184 valence electrons. The van der Waals surface area contributed by atoms with Crippen LogP contribution in [0.25, 0.3) is 0 Å². The van der Waals surface area contributed by atoms with Gasteiger partial charge < -0.3 is 9.80 Å². The van der Waals surface area contributed by atoms with Crippen LogP contribution in [0, 0.1) is 6.92 Å². The van der Waals surface area contributed by atoms with Crippen LogP contribution in [0.2, 0.25) is 0 Å². The summed E-state index contributed by atoms with van der Waals surface area (Å²) in [5.41, 5.74) is 3.85. The molecule has 4 rings (SSSR count). The summed E-state index contributed by atoms with van der Waals surface area (Å²) >= 11 is 1.83. The molecule has 2 aliphatic heterocycles. The molecule has 1 aromatic carbocycles. The average Bonchev–Trinajstić information content (AvgIpc) is 3.31. The Bertz CT molecular complexity index is 970. The first kappa shape index (κ1) is 24.9. The van der Waals surface area contributed by atoms with Crippen molar-refractivity contribution in [2.75, 3.05) is 32.7 Å². The number of amides is 2. The first-order valence-corrected chi connectivity index (χ1v) is 13.8. The van der Waals surface area contributed by atoms with Gasteiger partial charge >= 0.3 is 0 Å². The summed E-state index contributed by atoms with van der Waals surface area (Å²) in [6, 6.07) is 11.2. The van der Waals surface area contributed by atoms with Gasteiger partial charge in [0.05, 0.1) is 12.6 Å². The number of thiophene rings is 1. The molecule has 6 heteroatoms. The maximum atomic E-state index is 13.4. The third kappa shape index (κ3) is 5.72. The zero-order valence-electron chi connectivity index (χ0n) is 21.0. The zero-order valence-corrected chi connectivity index (χ0v) is 21.8. The van der Waals surface area contributed by atoms with Gasteiger partial charge in [-0.3, -0.25) is 14.5 Å². The lowest BCUT2D eigenvalue weighted by atomic mass is 9.92. The number of hydrogen-bond donors (Lipinski definition) is 0. The van der Waals surface area contributed by atoms with Crippen LogP contribution in [-0.2, 0) is 16.0 Å². The molecule has 1 aromatic heterocycles. The standard InChI is InChI=1S/C28H39N3O2S/c1-4-5-6-7-8-26(32)31-17-16-29(19-22(31)3)27(33)20-30-15-13-25-24(14-18-34-25)28(30)23-11-9-21(2)10-12-23/h9-12,14,18,22,28H,4-8,13,15-17,19-20H2,1-3H3/t22-,28-/m1/s1. The van der Waals surface area contributed by atoms with Gasteiger partial charge in [-0.2, -0.15) is 0 Å². The number of benzene rings is 1. The summed E-state index contributed by atoms with van der Waals surface area (Å²) in [7, 11) is 0. The maximum absolute atomic E-state index is 13.4. The quantitative estimate of drug-likeness (QED) is 0.497. The van der Waals surface area contributed by atoms with Crippen LogP contribution in [0.1, 0.15) is 73.6 Å². The smallest absolute Gasteiger partial charge is 0.236 e. The van der Waals surface area contributed by atoms with Crippen molar-refractivity contribution in [1.29, 1.82) is 0 Å². The fraction of sp³-hybridized carbons (Fsp3) is 0.571. The second-order valence-electron chi connectivity index (χ2n) is 9.92. The van der Waals surface area contributed by atoms with Gasteiger partial charge in [0.25, 0.3) is 0 Å². The summed E-state index contributed by atoms with van der Waals surface area (Å²) in [6.07, 6.45) is 6.10. The lowest BCUT2D eigenvalue weighted by Crippen LogP contribution is -2.57. The fourth-order valence-electron chi connectivity index (χ4n) is 5.35. The molecule has 2 aromatic rings. The molecule has 0 bridgehead atoms. The summed E-state index contributed by atoms with van der Waals surface area (Å²) in [6.45, 7) is 9.61. The maximum Gasteiger partial charge on any atom is 0.236 e. The summed E-state index contributed by atoms with van der Waals surface area (Å²) in [5.74, 6) is 0.425. The highest BCUT2D eigenvalue weighted by molar-refractivity contribution is 7.10. The van der Waals surface area contributed by atoms with Crippen molar-refractivity contribution in [2.24, 2.45) is 0 Å². The van der Waals surface area contributed by atoms with Gasteiger partial charge in [0.15, 0.2) is 0 Å². The Morgan fingerprint density at radius 3 is 2.53 bits per heavy atom. The summed E-state index contributed by atoms with van der Waals surface area (Å²) in [5, 5.41) is 2.18. The van der Waals surface area contributed by atoms with E-state index in [-0.39, 0.29) is 23.9 Å². The Morgan fingerprint density at radius 1 is 1.00 bits per heavy atom. The molecule has 0 spiro atoms. The first-order valence-electron chi connectivity index (χ1n) is 12.9. The Balaban J connectivity index is 1.38. The lowest BCUT2D eigenvalue weighted by Gasteiger charge is -2.42. The predicted octanol–water partition coefficient (Wildman–Crippen LogP) is 5.03. The molecule has 3 heterocycles. The van der Waals surface area contributed by atoms with Crippen molar-refractivity contribution in [3.8, 4) is 0 Å². The number of piperazine rings is 1. The molecule has 0 saturated carbocycles. The Kier molecular flexibility index (Phi) is 8.43. The monoisotopic (exact) mass is 481 g/mol. The third-order valence-electron chi connectivity index (χ3n) is 7.34. The van der Waals surface area contributed by atoms with E-state index in [1.807, 2.05) is 21.1 Å². The van der Waals surface area contributed by atoms with E-state index in [0.717, 1.165) is 25.8 Å². The van der Waals surface area contributed by atoms with E-state index in [0.29, 0.717) is 32.6 Å². The second kappa shape index (κ2) is 11.5. The Morgan fingerprint density at radius 2 is 1.79 bits per heavy atom. The molecule has 0 unspecified atom stereocenters. The van der Waals surface area contributed by atoms with Crippen LogP contribution in [0.5, 0.6) is 0 Å². The van der Waals surface area contributed by atoms with Crippen LogP contribution in [0.4, 0.5) is 0 Å². The molecule has 0 N–H and O–H groups in total. The van der Waals surface area contributed by atoms with Crippen molar-refractivity contribution in [3.63, 3.8) is 0 Å². The van der Waals surface area contributed by atoms with E-state index < -0.39 is 0 Å². The SMILES string of the molecule is CCCCCCC(=O)N1CCN(C(=O)CN2CCc3sccc3[C@H]2c2ccc(C)cc2)C[C@H]1C. The molecule has 0 aliphatic carbocycles. The minimum atomic E-state index is 0.0779. The highest BCUT2D eigenvalue weighted by atomic mass is 32.1. The zero-order chi connectivity index (χ0) is 24.1. The van der Waals surface area contributed by atoms with Crippen LogP contribution >= 0.6 is 11.3 Å². The normalized spacial score (nSPS) is 20.9. The van der Waals surface area contributed by atoms with Crippen LogP contribution in [0.15, 0.2) is 35.7 Å². The number of nitrogens with zero attached hydrogens (tertiary/aromatic N) is 3. The molecule has 5 nitrogen and oxygen atoms in total. The second-order valence-corrected chi connectivity index (χ2v) is 10.9. The van der Waals surface area contributed by atoms with E-state index >= 15 is 0 Å². The third-order valence-corrected chi connectivity index (χ3v) is 8.34. The predicted molar refractivity (Wildman–Crippen MR) is 139 cm³/mol. The molecule has 0 radical (unpaired) electrons. The molecule has 2 amide bonds. The number of unbranched alkanes of at least 4 members (excludes halogenated alkanes) is 3. The number of rotatable bonds is 8. The topological polar surface area (TPSA) is 43.9 Å². The molecular formula is C28H39N3O2S. The molecule has 34 heavy (non-hydrogen) atoms. The van der Waals surface area contributed by atoms with Crippen molar-refractivity contribution in [3.05, 3.63) is 57.3 Å². The molecule has 1 fully saturated rings. The van der Waals surface area contributed by atoms with Crippen LogP contribution in [0.3, 0.4) is 0 Å². The highest BCUT2D eigenvalue weighted by Gasteiger charge is 2.34. The minimum Gasteiger partial charge on any atom is -0.338 e. The van der Waals surface area contributed by atoms with Gasteiger partial charge in [-0.15, -0.1) is 11.3 Å². The van der Waals surface area contributed by atoms with Crippen molar-refractivity contribution >= 4 is 23.2 Å². The van der Waals surface area contributed by atoms with Crippen LogP contribution < -0.4 is 0 Å². The van der Waals surface area contributed by atoms with Gasteiger partial charge in [-0.1, -0.05) is 56.0 Å². The van der Waals surface area contributed by atoms with Gasteiger partial charge in [0.2, 0.25) is 11.8 Å². The fourth-order valence-corrected chi connectivity index (χ4v) is 6.26. The van der Waals surface area contributed by atoms with Crippen molar-refractivity contribution in [2.45, 2.75) is 71.4 Å². The van der Waals surface area contributed by atoms with Gasteiger partial charge in [0, 0.05) is 43.5 Å². The molecule has 2 atom stereocenters. The van der Waals surface area contributed by atoms with E-state index in [1.54, 1.807) is 0 Å². The number of carbonyl (C=O) groups excluding carboxylic acids is 2. The summed E-state index contributed by atoms with van der Waals surface area (Å²) in [4.78, 5) is 33.8. The van der Waals surface area contributed by atoms with E-state index in [2.05, 4.69) is 61.4 Å². The van der Waals surface area contributed by atoms with Crippen LogP contribution in [-0.4, -0.2) is 65.3 Å². The number of hydrogen-bond acceptors (Lipinski definition) is 4. The van der Waals surface area contributed by atoms with E-state index in [1.165, 1.54) is 34.4 Å². The van der Waals surface area contributed by atoms with Crippen molar-refractivity contribution < 1.29 is 9.59 Å². The number of aryl methyl sites for hydroxylation is 1. The minimum absolute atomic E-state index is 0.0779. The summed E-state index contributed by atoms with van der Waals surface area (Å²) < 4.78 is 0. The van der Waals surface area contributed by atoms with Gasteiger partial charge in [-0.05, 0) is 49.3 Å². The largest absolute Gasteiger partial charge is 0.338 e. The molecular weight excluding hydrogens is 442 g/mol.